The number of benzene rings is 2. The van der Waals surface area contributed by atoms with Crippen LogP contribution in [0.2, 0.25) is 0 Å². The van der Waals surface area contributed by atoms with Gasteiger partial charge in [-0.2, -0.15) is 0 Å². The Labute approximate surface area is 200 Å². The van der Waals surface area contributed by atoms with Crippen LogP contribution in [0.1, 0.15) is 83.1 Å². The van der Waals surface area contributed by atoms with Crippen molar-refractivity contribution in [2.75, 3.05) is 0 Å². The van der Waals surface area contributed by atoms with Gasteiger partial charge >= 0.3 is 200 Å². The van der Waals surface area contributed by atoms with Gasteiger partial charge in [0, 0.05) is 0 Å². The van der Waals surface area contributed by atoms with Gasteiger partial charge < -0.3 is 0 Å². The van der Waals surface area contributed by atoms with Gasteiger partial charge in [-0.3, -0.25) is 0 Å². The monoisotopic (exact) mass is 478 g/mol. The molecule has 2 unspecified atom stereocenters. The SMILES string of the molecule is CCCC(=O)[O][Ti]1([O]C(=O)CCC)[CH]2C(=Cc3ccccc32)CCC2=Cc3ccccc3[CH]21. The number of rotatable bonds is 6. The van der Waals surface area contributed by atoms with Crippen molar-refractivity contribution in [3.8, 4) is 0 Å². The fourth-order valence-corrected chi connectivity index (χ4v) is 13.0. The standard InChI is InChI=1S/C20H16.2C4H8O2.Ti/c1-2-6-18-12-15(11-17(18)5-1)9-10-16-13-19-7-3-4-8-20(19)14-16;2*1-2-3-4(5)6;/h1-8,11-14H,9-10H2;2*2-3H2,1H3,(H,5,6);/q;;;+2/p-2. The zero-order chi connectivity index (χ0) is 23.0. The van der Waals surface area contributed by atoms with Gasteiger partial charge in [-0.1, -0.05) is 0 Å². The van der Waals surface area contributed by atoms with E-state index in [0.29, 0.717) is 25.7 Å². The number of fused-ring (bicyclic) bond motifs is 6. The van der Waals surface area contributed by atoms with Crippen LogP contribution in [0.3, 0.4) is 0 Å². The van der Waals surface area contributed by atoms with Crippen molar-refractivity contribution in [2.45, 2.75) is 60.8 Å². The van der Waals surface area contributed by atoms with Crippen LogP contribution < -0.4 is 0 Å². The Bertz CT molecular complexity index is 1070. The van der Waals surface area contributed by atoms with Gasteiger partial charge in [0.15, 0.2) is 0 Å². The summed E-state index contributed by atoms with van der Waals surface area (Å²) in [6.45, 7) is 3.95. The van der Waals surface area contributed by atoms with Crippen LogP contribution in [-0.4, -0.2) is 11.9 Å². The van der Waals surface area contributed by atoms with Crippen LogP contribution in [0.5, 0.6) is 0 Å². The van der Waals surface area contributed by atoms with Crippen molar-refractivity contribution >= 4 is 24.1 Å². The predicted octanol–water partition coefficient (Wildman–Crippen LogP) is 6.73. The molecule has 1 fully saturated rings. The summed E-state index contributed by atoms with van der Waals surface area (Å²) in [5.41, 5.74) is 7.10. The molecule has 1 heterocycles. The average molecular weight is 478 g/mol. The minimum absolute atomic E-state index is 0.134. The molecule has 2 aromatic rings. The van der Waals surface area contributed by atoms with Gasteiger partial charge in [-0.15, -0.1) is 0 Å². The fraction of sp³-hybridized carbons (Fsp3) is 0.357. The third-order valence-corrected chi connectivity index (χ3v) is 13.3. The second kappa shape index (κ2) is 9.08. The summed E-state index contributed by atoms with van der Waals surface area (Å²) >= 11 is -4.26. The first-order valence-electron chi connectivity index (χ1n) is 12.1. The van der Waals surface area contributed by atoms with E-state index in [-0.39, 0.29) is 20.4 Å². The van der Waals surface area contributed by atoms with E-state index in [4.69, 9.17) is 6.64 Å². The molecule has 0 spiro atoms. The zero-order valence-corrected chi connectivity index (χ0v) is 20.9. The Kier molecular flexibility index (Phi) is 6.15. The molecule has 1 aliphatic heterocycles. The number of hydrogen-bond donors (Lipinski definition) is 0. The van der Waals surface area contributed by atoms with E-state index < -0.39 is 17.4 Å². The van der Waals surface area contributed by atoms with E-state index in [1.54, 1.807) is 0 Å². The molecule has 0 amide bonds. The molecule has 170 valence electrons. The fourth-order valence-electron chi connectivity index (χ4n) is 5.74. The minimum atomic E-state index is -4.26. The molecule has 2 atom stereocenters. The first-order valence-corrected chi connectivity index (χ1v) is 15.2. The van der Waals surface area contributed by atoms with E-state index in [1.165, 1.54) is 11.1 Å². The van der Waals surface area contributed by atoms with Crippen molar-refractivity contribution in [2.24, 2.45) is 0 Å². The number of carbonyl (C=O) groups excluding carboxylic acids is 2. The van der Waals surface area contributed by atoms with E-state index in [1.807, 2.05) is 38.1 Å². The molecule has 2 aromatic carbocycles. The number of hydrogen-bond acceptors (Lipinski definition) is 4. The van der Waals surface area contributed by atoms with Crippen molar-refractivity contribution in [3.63, 3.8) is 0 Å². The van der Waals surface area contributed by atoms with Crippen LogP contribution >= 0.6 is 0 Å². The molecule has 5 rings (SSSR count). The van der Waals surface area contributed by atoms with Crippen molar-refractivity contribution < 1.29 is 33.6 Å². The van der Waals surface area contributed by atoms with Crippen molar-refractivity contribution in [3.05, 3.63) is 81.9 Å². The normalized spacial score (nSPS) is 21.5. The molecule has 0 N–H and O–H groups in total. The van der Waals surface area contributed by atoms with Crippen LogP contribution in [0.15, 0.2) is 59.7 Å². The van der Waals surface area contributed by atoms with Gasteiger partial charge in [0.2, 0.25) is 0 Å². The summed E-state index contributed by atoms with van der Waals surface area (Å²) in [6, 6.07) is 16.6. The predicted molar refractivity (Wildman–Crippen MR) is 126 cm³/mol. The third-order valence-electron chi connectivity index (χ3n) is 7.00. The van der Waals surface area contributed by atoms with Gasteiger partial charge in [-0.25, -0.2) is 0 Å². The molecule has 1 saturated heterocycles. The zero-order valence-electron chi connectivity index (χ0n) is 19.3. The van der Waals surface area contributed by atoms with E-state index in [2.05, 4.69) is 36.4 Å². The summed E-state index contributed by atoms with van der Waals surface area (Å²) in [6.07, 6.45) is 8.34. The Morgan fingerprint density at radius 3 is 1.61 bits per heavy atom. The summed E-state index contributed by atoms with van der Waals surface area (Å²) in [5.74, 6) is -0.479. The average Bonchev–Trinajstić information content (AvgIpc) is 3.33. The Morgan fingerprint density at radius 1 is 0.758 bits per heavy atom. The molecule has 5 heteroatoms. The molecule has 0 aromatic heterocycles. The molecule has 4 nitrogen and oxygen atoms in total. The Balaban J connectivity index is 1.75. The van der Waals surface area contributed by atoms with Crippen molar-refractivity contribution in [1.29, 1.82) is 0 Å². The topological polar surface area (TPSA) is 52.6 Å². The Morgan fingerprint density at radius 2 is 1.18 bits per heavy atom. The van der Waals surface area contributed by atoms with Crippen LogP contribution in [0, 0.1) is 0 Å². The quantitative estimate of drug-likeness (QED) is 0.432. The van der Waals surface area contributed by atoms with E-state index >= 15 is 0 Å². The Hall–Kier alpha value is -2.43. The summed E-state index contributed by atoms with van der Waals surface area (Å²) in [4.78, 5) is 26.3. The molecule has 3 aliphatic rings. The van der Waals surface area contributed by atoms with Gasteiger partial charge in [0.25, 0.3) is 0 Å². The number of allylic oxidation sites excluding steroid dienone is 2. The second-order valence-corrected chi connectivity index (χ2v) is 13.9. The summed E-state index contributed by atoms with van der Waals surface area (Å²) in [5, 5.41) is 0. The van der Waals surface area contributed by atoms with E-state index in [0.717, 1.165) is 35.1 Å². The van der Waals surface area contributed by atoms with Crippen molar-refractivity contribution in [1.82, 2.24) is 0 Å². The molecular weight excluding hydrogens is 448 g/mol. The van der Waals surface area contributed by atoms with Gasteiger partial charge in [-0.05, 0) is 0 Å². The maximum atomic E-state index is 13.2. The maximum absolute atomic E-state index is 13.2. The first kappa shape index (κ1) is 22.4. The molecule has 0 bridgehead atoms. The summed E-state index contributed by atoms with van der Waals surface area (Å²) < 4.78 is 12.9. The third kappa shape index (κ3) is 3.83. The molecule has 0 radical (unpaired) electrons. The van der Waals surface area contributed by atoms with Crippen LogP contribution in [0.4, 0.5) is 0 Å². The van der Waals surface area contributed by atoms with E-state index in [9.17, 15) is 9.59 Å². The summed E-state index contributed by atoms with van der Waals surface area (Å²) in [7, 11) is 0. The van der Waals surface area contributed by atoms with Gasteiger partial charge in [0.05, 0.1) is 0 Å². The number of carbonyl (C=O) groups is 2. The second-order valence-electron chi connectivity index (χ2n) is 9.23. The molecular formula is C28H30O4Ti. The van der Waals surface area contributed by atoms with Crippen LogP contribution in [0.25, 0.3) is 12.2 Å². The molecule has 2 aliphatic carbocycles. The van der Waals surface area contributed by atoms with Crippen LogP contribution in [-0.2, 0) is 33.6 Å². The molecule has 33 heavy (non-hydrogen) atoms. The molecule has 0 saturated carbocycles. The van der Waals surface area contributed by atoms with Gasteiger partial charge in [0.1, 0.15) is 0 Å². The first-order chi connectivity index (χ1) is 16.1.